The average molecular weight is 745 g/mol. The number of carboxylic acids is 1. The van der Waals surface area contributed by atoms with Crippen molar-refractivity contribution in [3.8, 4) is 11.5 Å². The monoisotopic (exact) mass is 743 g/mol. The summed E-state index contributed by atoms with van der Waals surface area (Å²) in [5, 5.41) is 26.1. The van der Waals surface area contributed by atoms with E-state index in [4.69, 9.17) is 20.0 Å². The van der Waals surface area contributed by atoms with Gasteiger partial charge < -0.3 is 40.2 Å². The molecule has 12 nitrogen and oxygen atoms in total. The van der Waals surface area contributed by atoms with Crippen LogP contribution < -0.4 is 11.1 Å². The highest BCUT2D eigenvalue weighted by molar-refractivity contribution is 8.24. The number of halogens is 6. The topological polar surface area (TPSA) is 203 Å². The summed E-state index contributed by atoms with van der Waals surface area (Å²) in [6.07, 6.45) is 2.19. The molecule has 20 heteroatoms. The number of anilines is 2. The fraction of sp³-hybridized carbons (Fsp3) is 0.385. The molecular formula is C26H39BCl3F3N2O10P. The van der Waals surface area contributed by atoms with Gasteiger partial charge in [-0.1, -0.05) is 28.1 Å². The first-order chi connectivity index (χ1) is 20.9. The maximum Gasteiger partial charge on any atom is 0.351 e. The van der Waals surface area contributed by atoms with Crippen molar-refractivity contribution in [1.82, 2.24) is 0 Å². The van der Waals surface area contributed by atoms with E-state index < -0.39 is 23.1 Å². The number of carbonyl (C=O) groups excluding carboxylic acids is 3. The molecule has 2 aromatic carbocycles. The van der Waals surface area contributed by atoms with Crippen LogP contribution in [-0.4, -0.2) is 60.9 Å². The molecule has 1 amide bonds. The van der Waals surface area contributed by atoms with Crippen LogP contribution in [0.1, 0.15) is 67.7 Å². The van der Waals surface area contributed by atoms with Gasteiger partial charge in [0, 0.05) is 45.5 Å². The Labute approximate surface area is 281 Å². The van der Waals surface area contributed by atoms with Crippen LogP contribution in [-0.2, 0) is 23.6 Å². The third kappa shape index (κ3) is 32.1. The van der Waals surface area contributed by atoms with Crippen LogP contribution in [0.3, 0.4) is 0 Å². The second-order valence-corrected chi connectivity index (χ2v) is 14.2. The quantitative estimate of drug-likeness (QED) is 0.0788. The third-order valence-corrected chi connectivity index (χ3v) is 4.05. The Morgan fingerprint density at radius 1 is 0.891 bits per heavy atom. The first kappa shape index (κ1) is 52.2. The summed E-state index contributed by atoms with van der Waals surface area (Å²) in [6, 6.07) is 8.50. The normalized spacial score (nSPS) is 8.85. The van der Waals surface area contributed by atoms with E-state index in [0.717, 1.165) is 12.8 Å². The lowest BCUT2D eigenvalue weighted by molar-refractivity contribution is -0.137. The molecular weight excluding hydrogens is 705 g/mol. The van der Waals surface area contributed by atoms with Crippen LogP contribution in [0.5, 0.6) is 11.5 Å². The number of rotatable bonds is 7. The van der Waals surface area contributed by atoms with Gasteiger partial charge in [-0.3, -0.25) is 14.2 Å². The first-order valence-corrected chi connectivity index (χ1v) is 16.6. The Hall–Kier alpha value is -3.33. The minimum Gasteiger partial charge on any atom is -0.507 e. The standard InChI is InChI=1S/C12H15NO4.C8H9NO3.C4H8O2.CH3BF.CH4.Cl3OP.F2/c1-3-4-11(15)13-8-5-6-9(10(14)7-8)12(16)17-2;1-12-8(11)6-3-2-5(9)4-7(6)10;1-2-3-4(5)6;1-2-3;;1-5(2,3)4;1-2/h5-7,14H,3-4H2,1-2H3,(H,13,15);2-4,10H,9H2,1H3;2-3H2,1H3,(H,5,6);1H3;1H4;;. The second kappa shape index (κ2) is 31.6. The van der Waals surface area contributed by atoms with Crippen LogP contribution >= 0.6 is 38.9 Å². The number of nitrogens with two attached hydrogens (primary N) is 1. The van der Waals surface area contributed by atoms with E-state index in [2.05, 4.69) is 48.5 Å². The van der Waals surface area contributed by atoms with Gasteiger partial charge in [0.05, 0.1) is 14.2 Å². The van der Waals surface area contributed by atoms with Gasteiger partial charge in [-0.15, -0.1) is 0 Å². The van der Waals surface area contributed by atoms with Crippen molar-refractivity contribution in [1.29, 1.82) is 0 Å². The van der Waals surface area contributed by atoms with Gasteiger partial charge in [0.15, 0.2) is 0 Å². The zero-order chi connectivity index (χ0) is 36.2. The van der Waals surface area contributed by atoms with E-state index in [1.807, 2.05) is 13.8 Å². The molecule has 2 rings (SSSR count). The molecule has 0 heterocycles. The number of phenols is 2. The smallest absolute Gasteiger partial charge is 0.351 e. The van der Waals surface area contributed by atoms with Gasteiger partial charge in [-0.2, -0.15) is 0 Å². The minimum atomic E-state index is -3.22. The van der Waals surface area contributed by atoms with Crippen molar-refractivity contribution in [2.75, 3.05) is 25.3 Å². The molecule has 6 N–H and O–H groups in total. The third-order valence-electron chi connectivity index (χ3n) is 4.05. The Bertz CT molecular complexity index is 1210. The zero-order valence-electron chi connectivity index (χ0n) is 24.9. The largest absolute Gasteiger partial charge is 0.507 e. The van der Waals surface area contributed by atoms with Crippen molar-refractivity contribution in [2.24, 2.45) is 0 Å². The van der Waals surface area contributed by atoms with Gasteiger partial charge in [-0.25, -0.2) is 9.59 Å². The number of phenolic OH excluding ortho intramolecular Hbond substituents is 2. The average Bonchev–Trinajstić information content (AvgIpc) is 2.94. The van der Waals surface area contributed by atoms with Crippen molar-refractivity contribution >= 4 is 81.7 Å². The number of ether oxygens (including phenoxy) is 2. The number of methoxy groups -OCH3 is 2. The van der Waals surface area contributed by atoms with Gasteiger partial charge in [0.1, 0.15) is 22.6 Å². The molecule has 263 valence electrons. The summed E-state index contributed by atoms with van der Waals surface area (Å²) in [5.41, 5.74) is 6.40. The molecule has 0 saturated heterocycles. The molecule has 0 unspecified atom stereocenters. The number of carbonyl (C=O) groups is 4. The van der Waals surface area contributed by atoms with Gasteiger partial charge in [0.25, 0.3) is 0 Å². The van der Waals surface area contributed by atoms with Crippen molar-refractivity contribution in [3.63, 3.8) is 0 Å². The number of aromatic hydroxyl groups is 2. The number of nitrogen functional groups attached to an aromatic ring is 1. The Kier molecular flexibility index (Phi) is 35.9. The van der Waals surface area contributed by atoms with E-state index in [-0.39, 0.29) is 36.0 Å². The number of nitrogens with one attached hydrogen (secondary N) is 1. The lowest BCUT2D eigenvalue weighted by Gasteiger charge is -2.07. The summed E-state index contributed by atoms with van der Waals surface area (Å²) in [7, 11) is 2.98. The first-order valence-electron chi connectivity index (χ1n) is 12.2. The van der Waals surface area contributed by atoms with E-state index in [0.29, 0.717) is 31.8 Å². The van der Waals surface area contributed by atoms with E-state index in [1.165, 1.54) is 51.4 Å². The zero-order valence-corrected chi connectivity index (χ0v) is 28.0. The second-order valence-electron chi connectivity index (χ2n) is 7.55. The summed E-state index contributed by atoms with van der Waals surface area (Å²) in [6.45, 7) is 5.07. The van der Waals surface area contributed by atoms with Gasteiger partial charge in [0.2, 0.25) is 5.91 Å². The van der Waals surface area contributed by atoms with Crippen LogP contribution in [0.25, 0.3) is 0 Å². The SMILES string of the molecule is C.CCCC(=O)Nc1ccc(C(=O)OC)c(O)c1.CCCC(=O)O.COC(=O)c1ccc(N)cc1O.C[B]F.FF.O=P(Cl)(Cl)Cl. The fourth-order valence-corrected chi connectivity index (χ4v) is 2.39. The number of carboxylic acid groups (broad SMARTS) is 1. The molecule has 0 aliphatic rings. The predicted molar refractivity (Wildman–Crippen MR) is 176 cm³/mol. The van der Waals surface area contributed by atoms with E-state index in [1.54, 1.807) is 6.07 Å². The Morgan fingerprint density at radius 2 is 1.26 bits per heavy atom. The molecule has 0 atom stereocenters. The molecule has 0 aromatic heterocycles. The predicted octanol–water partition coefficient (Wildman–Crippen LogP) is 8.46. The lowest BCUT2D eigenvalue weighted by atomic mass is 10.2. The molecule has 0 saturated carbocycles. The van der Waals surface area contributed by atoms with E-state index in [9.17, 15) is 38.3 Å². The number of aliphatic carboxylic acids is 1. The maximum absolute atomic E-state index is 11.3. The Morgan fingerprint density at radius 3 is 1.54 bits per heavy atom. The summed E-state index contributed by atoms with van der Waals surface area (Å²) < 4.78 is 44.6. The maximum atomic E-state index is 11.3. The number of hydrogen-bond donors (Lipinski definition) is 5. The van der Waals surface area contributed by atoms with E-state index >= 15 is 0 Å². The summed E-state index contributed by atoms with van der Waals surface area (Å²) in [4.78, 5) is 43.0. The highest BCUT2D eigenvalue weighted by Gasteiger charge is 2.12. The van der Waals surface area contributed by atoms with Crippen LogP contribution in [0.15, 0.2) is 36.4 Å². The highest BCUT2D eigenvalue weighted by atomic mass is 36.0. The number of amides is 1. The molecule has 0 aliphatic carbocycles. The van der Waals surface area contributed by atoms with Crippen LogP contribution in [0.4, 0.5) is 24.8 Å². The lowest BCUT2D eigenvalue weighted by Crippen LogP contribution is -2.11. The van der Waals surface area contributed by atoms with Crippen LogP contribution in [0, 0.1) is 0 Å². The molecule has 0 fully saturated rings. The summed E-state index contributed by atoms with van der Waals surface area (Å²) >= 11 is 13.8. The fourth-order valence-electron chi connectivity index (χ4n) is 2.39. The molecule has 46 heavy (non-hydrogen) atoms. The number of hydrogen-bond acceptors (Lipinski definition) is 10. The summed E-state index contributed by atoms with van der Waals surface area (Å²) in [5.74, 6) is -2.41. The van der Waals surface area contributed by atoms with Gasteiger partial charge in [-0.05, 0) is 70.8 Å². The number of esters is 2. The molecule has 2 aromatic rings. The molecule has 0 aliphatic heterocycles. The van der Waals surface area contributed by atoms with Crippen molar-refractivity contribution in [3.05, 3.63) is 47.5 Å². The molecule has 1 radical (unpaired) electrons. The van der Waals surface area contributed by atoms with Crippen molar-refractivity contribution < 1.29 is 62.0 Å². The van der Waals surface area contributed by atoms with Gasteiger partial charge >= 0.3 is 30.7 Å². The molecule has 0 spiro atoms. The minimum absolute atomic E-state index is 0. The van der Waals surface area contributed by atoms with Crippen LogP contribution in [0.2, 0.25) is 6.82 Å². The highest BCUT2D eigenvalue weighted by Crippen LogP contribution is 2.61. The van der Waals surface area contributed by atoms with Crippen molar-refractivity contribution in [2.45, 2.75) is 53.8 Å². The molecule has 0 bridgehead atoms. The number of benzene rings is 2. The Balaban J connectivity index is -0.000000168.